The molecule has 70 valence electrons. The van der Waals surface area contributed by atoms with Gasteiger partial charge in [-0.2, -0.15) is 0 Å². The van der Waals surface area contributed by atoms with E-state index in [1.54, 1.807) is 0 Å². The minimum Gasteiger partial charge on any atom is -0.316 e. The Labute approximate surface area is 74.5 Å². The molecule has 0 aromatic rings. The second-order valence-electron chi connectivity index (χ2n) is 3.94. The van der Waals surface area contributed by atoms with Gasteiger partial charge in [-0.1, -0.05) is 0 Å². The van der Waals surface area contributed by atoms with E-state index in [-0.39, 0.29) is 0 Å². The first-order valence-electron chi connectivity index (χ1n) is 5.03. The van der Waals surface area contributed by atoms with Crippen molar-refractivity contribution in [3.8, 4) is 0 Å². The van der Waals surface area contributed by atoms with E-state index < -0.39 is 0 Å². The highest BCUT2D eigenvalue weighted by atomic mass is 15.2. The van der Waals surface area contributed by atoms with Gasteiger partial charge in [-0.3, -0.25) is 4.90 Å². The molecule has 2 saturated heterocycles. The zero-order valence-electron chi connectivity index (χ0n) is 7.84. The molecular formula is C9H19N3. The molecule has 12 heavy (non-hydrogen) atoms. The Morgan fingerprint density at radius 3 is 2.33 bits per heavy atom. The van der Waals surface area contributed by atoms with Gasteiger partial charge in [0, 0.05) is 45.3 Å². The molecule has 1 atom stereocenters. The molecule has 2 rings (SSSR count). The van der Waals surface area contributed by atoms with Crippen LogP contribution >= 0.6 is 0 Å². The molecule has 0 amide bonds. The monoisotopic (exact) mass is 169 g/mol. The highest BCUT2D eigenvalue weighted by Crippen LogP contribution is 2.15. The summed E-state index contributed by atoms with van der Waals surface area (Å²) in [5, 5.41) is 6.73. The fraction of sp³-hybridized carbons (Fsp3) is 1.00. The maximum atomic E-state index is 3.39. The summed E-state index contributed by atoms with van der Waals surface area (Å²) in [6, 6.07) is 0.786. The number of nitrogens with zero attached hydrogens (tertiary/aromatic N) is 1. The summed E-state index contributed by atoms with van der Waals surface area (Å²) in [6.07, 6.45) is 0. The van der Waals surface area contributed by atoms with Gasteiger partial charge in [0.2, 0.25) is 0 Å². The number of rotatable bonds is 2. The van der Waals surface area contributed by atoms with Crippen molar-refractivity contribution < 1.29 is 0 Å². The van der Waals surface area contributed by atoms with Gasteiger partial charge in [-0.15, -0.1) is 0 Å². The molecular weight excluding hydrogens is 150 g/mol. The predicted octanol–water partition coefficient (Wildman–Crippen LogP) is -0.500. The lowest BCUT2D eigenvalue weighted by atomic mass is 9.93. The first kappa shape index (κ1) is 8.48. The van der Waals surface area contributed by atoms with Crippen molar-refractivity contribution in [1.29, 1.82) is 0 Å². The van der Waals surface area contributed by atoms with Crippen LogP contribution in [-0.2, 0) is 0 Å². The lowest BCUT2D eigenvalue weighted by Gasteiger charge is -2.41. The van der Waals surface area contributed by atoms with Crippen LogP contribution in [0, 0.1) is 5.92 Å². The van der Waals surface area contributed by atoms with E-state index in [0.29, 0.717) is 0 Å². The molecule has 2 aliphatic heterocycles. The molecule has 0 aromatic carbocycles. The minimum absolute atomic E-state index is 0.786. The highest BCUT2D eigenvalue weighted by Gasteiger charge is 2.28. The van der Waals surface area contributed by atoms with Crippen LogP contribution < -0.4 is 10.6 Å². The number of piperazine rings is 1. The lowest BCUT2D eigenvalue weighted by molar-refractivity contribution is 0.109. The highest BCUT2D eigenvalue weighted by molar-refractivity contribution is 4.86. The second-order valence-corrected chi connectivity index (χ2v) is 3.94. The molecule has 2 aliphatic rings. The van der Waals surface area contributed by atoms with Crippen molar-refractivity contribution in [1.82, 2.24) is 15.5 Å². The molecule has 3 heteroatoms. The number of nitrogens with one attached hydrogen (secondary N) is 2. The van der Waals surface area contributed by atoms with Crippen molar-refractivity contribution in [3.63, 3.8) is 0 Å². The third-order valence-electron chi connectivity index (χ3n) is 3.22. The van der Waals surface area contributed by atoms with Crippen LogP contribution in [0.15, 0.2) is 0 Å². The zero-order chi connectivity index (χ0) is 8.39. The summed E-state index contributed by atoms with van der Waals surface area (Å²) < 4.78 is 0. The normalized spacial score (nSPS) is 29.8. The minimum atomic E-state index is 0.786. The first-order chi connectivity index (χ1) is 5.88. The van der Waals surface area contributed by atoms with E-state index in [1.165, 1.54) is 39.3 Å². The third kappa shape index (κ3) is 1.63. The SMILES string of the molecule is CC(C1CNC1)N1CCNCC1. The third-order valence-corrected chi connectivity index (χ3v) is 3.22. The van der Waals surface area contributed by atoms with Crippen LogP contribution in [0.25, 0.3) is 0 Å². The molecule has 2 fully saturated rings. The summed E-state index contributed by atoms with van der Waals surface area (Å²) in [5.74, 6) is 0.906. The van der Waals surface area contributed by atoms with Crippen LogP contribution in [-0.4, -0.2) is 50.2 Å². The van der Waals surface area contributed by atoms with Crippen LogP contribution in [0.4, 0.5) is 0 Å². The van der Waals surface area contributed by atoms with Gasteiger partial charge in [0.05, 0.1) is 0 Å². The van der Waals surface area contributed by atoms with Gasteiger partial charge in [0.25, 0.3) is 0 Å². The average Bonchev–Trinajstić information content (AvgIpc) is 2.03. The van der Waals surface area contributed by atoms with Crippen molar-refractivity contribution in [2.24, 2.45) is 5.92 Å². The number of hydrogen-bond acceptors (Lipinski definition) is 3. The van der Waals surface area contributed by atoms with Crippen molar-refractivity contribution in [2.75, 3.05) is 39.3 Å². The summed E-state index contributed by atoms with van der Waals surface area (Å²) in [6.45, 7) is 9.64. The average molecular weight is 169 g/mol. The van der Waals surface area contributed by atoms with Crippen LogP contribution in [0.2, 0.25) is 0 Å². The Hall–Kier alpha value is -0.120. The molecule has 0 bridgehead atoms. The molecule has 0 aliphatic carbocycles. The van der Waals surface area contributed by atoms with Gasteiger partial charge in [0.15, 0.2) is 0 Å². The summed E-state index contributed by atoms with van der Waals surface area (Å²) >= 11 is 0. The maximum Gasteiger partial charge on any atom is 0.0121 e. The summed E-state index contributed by atoms with van der Waals surface area (Å²) in [7, 11) is 0. The molecule has 2 N–H and O–H groups in total. The standard InChI is InChI=1S/C9H19N3/c1-8(9-6-11-7-9)12-4-2-10-3-5-12/h8-11H,2-7H2,1H3. The van der Waals surface area contributed by atoms with E-state index >= 15 is 0 Å². The number of hydrogen-bond donors (Lipinski definition) is 2. The first-order valence-corrected chi connectivity index (χ1v) is 5.03. The predicted molar refractivity (Wildman–Crippen MR) is 50.3 cm³/mol. The molecule has 0 saturated carbocycles. The van der Waals surface area contributed by atoms with E-state index in [1.807, 2.05) is 0 Å². The molecule has 0 spiro atoms. The van der Waals surface area contributed by atoms with E-state index in [0.717, 1.165) is 12.0 Å². The van der Waals surface area contributed by atoms with Crippen molar-refractivity contribution >= 4 is 0 Å². The second kappa shape index (κ2) is 3.73. The van der Waals surface area contributed by atoms with E-state index in [2.05, 4.69) is 22.5 Å². The summed E-state index contributed by atoms with van der Waals surface area (Å²) in [5.41, 5.74) is 0. The fourth-order valence-corrected chi connectivity index (χ4v) is 2.04. The van der Waals surface area contributed by atoms with Crippen LogP contribution in [0.1, 0.15) is 6.92 Å². The van der Waals surface area contributed by atoms with E-state index in [9.17, 15) is 0 Å². The zero-order valence-corrected chi connectivity index (χ0v) is 7.84. The topological polar surface area (TPSA) is 27.3 Å². The summed E-state index contributed by atoms with van der Waals surface area (Å²) in [4.78, 5) is 2.61. The Bertz CT molecular complexity index is 139. The Morgan fingerprint density at radius 2 is 1.83 bits per heavy atom. The molecule has 3 nitrogen and oxygen atoms in total. The van der Waals surface area contributed by atoms with Gasteiger partial charge in [-0.05, 0) is 12.8 Å². The lowest BCUT2D eigenvalue weighted by Crippen LogP contribution is -2.57. The molecule has 0 aromatic heterocycles. The molecule has 1 unspecified atom stereocenters. The van der Waals surface area contributed by atoms with Gasteiger partial charge in [0.1, 0.15) is 0 Å². The largest absolute Gasteiger partial charge is 0.316 e. The van der Waals surface area contributed by atoms with Crippen LogP contribution in [0.5, 0.6) is 0 Å². The quantitative estimate of drug-likeness (QED) is 0.583. The van der Waals surface area contributed by atoms with Crippen molar-refractivity contribution in [2.45, 2.75) is 13.0 Å². The van der Waals surface area contributed by atoms with Crippen molar-refractivity contribution in [3.05, 3.63) is 0 Å². The van der Waals surface area contributed by atoms with Crippen LogP contribution in [0.3, 0.4) is 0 Å². The maximum absolute atomic E-state index is 3.39. The molecule has 0 radical (unpaired) electrons. The van der Waals surface area contributed by atoms with Gasteiger partial charge in [-0.25, -0.2) is 0 Å². The Morgan fingerprint density at radius 1 is 1.17 bits per heavy atom. The van der Waals surface area contributed by atoms with Gasteiger partial charge >= 0.3 is 0 Å². The Kier molecular flexibility index (Phi) is 2.63. The smallest absolute Gasteiger partial charge is 0.0121 e. The Balaban J connectivity index is 1.80. The fourth-order valence-electron chi connectivity index (χ4n) is 2.04. The van der Waals surface area contributed by atoms with E-state index in [4.69, 9.17) is 0 Å². The van der Waals surface area contributed by atoms with Gasteiger partial charge < -0.3 is 10.6 Å². The molecule has 2 heterocycles.